The molecule has 2 aromatic rings. The predicted octanol–water partition coefficient (Wildman–Crippen LogP) is -0.151. The molecule has 14 heteroatoms. The van der Waals surface area contributed by atoms with Crippen LogP contribution >= 0.6 is 12.6 Å². The first kappa shape index (κ1) is 33.6. The number of hydrogen-bond donors (Lipinski definition) is 6. The molecule has 5 amide bonds. The molecular weight excluding hydrogens is 566 g/mol. The van der Waals surface area contributed by atoms with Crippen LogP contribution in [0.3, 0.4) is 0 Å². The van der Waals surface area contributed by atoms with E-state index >= 15 is 0 Å². The van der Waals surface area contributed by atoms with E-state index in [-0.39, 0.29) is 18.8 Å². The molecule has 5 N–H and O–H groups in total. The summed E-state index contributed by atoms with van der Waals surface area (Å²) in [5, 5.41) is 12.2. The Labute approximate surface area is 248 Å². The molecule has 0 aliphatic rings. The lowest BCUT2D eigenvalue weighted by atomic mass is 10.0. The number of ether oxygens (including phenoxy) is 2. The molecule has 0 unspecified atom stereocenters. The van der Waals surface area contributed by atoms with Gasteiger partial charge in [-0.15, -0.1) is 0 Å². The fraction of sp³-hybridized carbons (Fsp3) is 0.357. The van der Waals surface area contributed by atoms with Crippen molar-refractivity contribution < 1.29 is 38.2 Å². The van der Waals surface area contributed by atoms with Gasteiger partial charge in [0.15, 0.2) is 0 Å². The summed E-state index contributed by atoms with van der Waals surface area (Å²) in [6.07, 6.45) is -0.722. The van der Waals surface area contributed by atoms with Crippen molar-refractivity contribution in [2.24, 2.45) is 0 Å². The van der Waals surface area contributed by atoms with Crippen LogP contribution < -0.4 is 26.6 Å². The molecule has 0 heterocycles. The lowest BCUT2D eigenvalue weighted by Gasteiger charge is -2.22. The third-order valence-electron chi connectivity index (χ3n) is 5.75. The Bertz CT molecular complexity index is 1220. The van der Waals surface area contributed by atoms with Crippen LogP contribution in [-0.4, -0.2) is 79.8 Å². The van der Waals surface area contributed by atoms with Gasteiger partial charge in [-0.05, 0) is 18.1 Å². The molecule has 42 heavy (non-hydrogen) atoms. The first-order valence-electron chi connectivity index (χ1n) is 13.0. The highest BCUT2D eigenvalue weighted by Crippen LogP contribution is 2.05. The Morgan fingerprint density at radius 3 is 1.93 bits per heavy atom. The maximum absolute atomic E-state index is 13.1. The van der Waals surface area contributed by atoms with Gasteiger partial charge in [0, 0.05) is 12.2 Å². The normalized spacial score (nSPS) is 12.5. The number of alkyl carbamates (subject to hydrolysis) is 1. The summed E-state index contributed by atoms with van der Waals surface area (Å²) < 4.78 is 9.57. The lowest BCUT2D eigenvalue weighted by molar-refractivity contribution is -0.141. The van der Waals surface area contributed by atoms with Gasteiger partial charge in [-0.3, -0.25) is 24.0 Å². The Hall–Kier alpha value is -4.59. The number of benzene rings is 2. The number of rotatable bonds is 15. The fourth-order valence-corrected chi connectivity index (χ4v) is 3.71. The van der Waals surface area contributed by atoms with E-state index in [9.17, 15) is 28.8 Å². The molecule has 0 aliphatic carbocycles. The standard InChI is InChI=1S/C28H35N5O8S/c1-18(31-28(39)41-16-20-11-7-4-8-12-20)25(36)29-14-23(34)32-21(13-19-9-5-3-6-10-19)27(38)33-22(17-42)26(37)30-15-24(35)40-2/h3-12,18,21-22,42H,13-17H2,1-2H3,(H,29,36)(H,30,37)(H,31,39)(H,32,34)(H,33,38)/t18-,21-,22-/m0/s1. The Morgan fingerprint density at radius 2 is 1.33 bits per heavy atom. The van der Waals surface area contributed by atoms with Crippen molar-refractivity contribution in [2.75, 3.05) is 26.0 Å². The molecule has 0 fully saturated rings. The summed E-state index contributed by atoms with van der Waals surface area (Å²) in [7, 11) is 1.17. The van der Waals surface area contributed by atoms with E-state index in [2.05, 4.69) is 43.9 Å². The number of amides is 5. The molecule has 2 aromatic carbocycles. The molecule has 226 valence electrons. The van der Waals surface area contributed by atoms with Crippen molar-refractivity contribution in [3.05, 3.63) is 71.8 Å². The summed E-state index contributed by atoms with van der Waals surface area (Å²) in [5.74, 6) is -3.43. The van der Waals surface area contributed by atoms with Crippen LogP contribution in [0.4, 0.5) is 4.79 Å². The van der Waals surface area contributed by atoms with Gasteiger partial charge in [-0.25, -0.2) is 4.79 Å². The summed E-state index contributed by atoms with van der Waals surface area (Å²) in [4.78, 5) is 74.0. The van der Waals surface area contributed by atoms with Crippen molar-refractivity contribution in [3.8, 4) is 0 Å². The maximum atomic E-state index is 13.1. The second kappa shape index (κ2) is 18.0. The summed E-state index contributed by atoms with van der Waals surface area (Å²) in [6, 6.07) is 14.6. The zero-order valence-corrected chi connectivity index (χ0v) is 24.1. The van der Waals surface area contributed by atoms with Crippen molar-refractivity contribution in [1.29, 1.82) is 0 Å². The van der Waals surface area contributed by atoms with Crippen molar-refractivity contribution in [1.82, 2.24) is 26.6 Å². The van der Waals surface area contributed by atoms with Crippen LogP contribution in [-0.2, 0) is 46.5 Å². The average Bonchev–Trinajstić information content (AvgIpc) is 3.00. The summed E-state index contributed by atoms with van der Waals surface area (Å²) in [6.45, 7) is 0.566. The van der Waals surface area contributed by atoms with Gasteiger partial charge in [0.1, 0.15) is 31.3 Å². The maximum Gasteiger partial charge on any atom is 0.408 e. The Morgan fingerprint density at radius 1 is 0.738 bits per heavy atom. The lowest BCUT2D eigenvalue weighted by Crippen LogP contribution is -2.56. The predicted molar refractivity (Wildman–Crippen MR) is 155 cm³/mol. The molecule has 2 rings (SSSR count). The van der Waals surface area contributed by atoms with Crippen LogP contribution in [0.15, 0.2) is 60.7 Å². The molecule has 0 saturated heterocycles. The Kier molecular flexibility index (Phi) is 14.4. The number of methoxy groups -OCH3 is 1. The molecule has 0 bridgehead atoms. The quantitative estimate of drug-likeness (QED) is 0.120. The SMILES string of the molecule is COC(=O)CNC(=O)[C@H](CS)NC(=O)[C@H](Cc1ccccc1)NC(=O)CNC(=O)[C@H](C)NC(=O)OCc1ccccc1. The zero-order chi connectivity index (χ0) is 30.9. The first-order valence-corrected chi connectivity index (χ1v) is 13.6. The minimum absolute atomic E-state index is 0.0231. The minimum Gasteiger partial charge on any atom is -0.468 e. The third-order valence-corrected chi connectivity index (χ3v) is 6.11. The van der Waals surface area contributed by atoms with Crippen molar-refractivity contribution >= 4 is 48.3 Å². The molecule has 0 aromatic heterocycles. The van der Waals surface area contributed by atoms with E-state index in [0.717, 1.165) is 11.1 Å². The van der Waals surface area contributed by atoms with E-state index in [1.165, 1.54) is 14.0 Å². The smallest absolute Gasteiger partial charge is 0.408 e. The van der Waals surface area contributed by atoms with Crippen molar-refractivity contribution in [2.45, 2.75) is 38.1 Å². The fourth-order valence-electron chi connectivity index (χ4n) is 3.45. The summed E-state index contributed by atoms with van der Waals surface area (Å²) in [5.41, 5.74) is 1.50. The second-order valence-corrected chi connectivity index (χ2v) is 9.36. The number of nitrogens with one attached hydrogen (secondary N) is 5. The molecule has 0 saturated carbocycles. The average molecular weight is 602 g/mol. The minimum atomic E-state index is -1.11. The zero-order valence-electron chi connectivity index (χ0n) is 23.3. The van der Waals surface area contributed by atoms with Gasteiger partial charge in [-0.2, -0.15) is 12.6 Å². The molecule has 3 atom stereocenters. The van der Waals surface area contributed by atoms with Gasteiger partial charge in [0.25, 0.3) is 0 Å². The van der Waals surface area contributed by atoms with Crippen LogP contribution in [0, 0.1) is 0 Å². The highest BCUT2D eigenvalue weighted by molar-refractivity contribution is 7.80. The van der Waals surface area contributed by atoms with Crippen LogP contribution in [0.2, 0.25) is 0 Å². The van der Waals surface area contributed by atoms with Gasteiger partial charge >= 0.3 is 12.1 Å². The topological polar surface area (TPSA) is 181 Å². The third kappa shape index (κ3) is 12.3. The Balaban J connectivity index is 1.92. The molecule has 13 nitrogen and oxygen atoms in total. The highest BCUT2D eigenvalue weighted by Gasteiger charge is 2.27. The van der Waals surface area contributed by atoms with Crippen LogP contribution in [0.25, 0.3) is 0 Å². The van der Waals surface area contributed by atoms with E-state index in [1.807, 2.05) is 6.07 Å². The van der Waals surface area contributed by atoms with E-state index in [4.69, 9.17) is 4.74 Å². The number of hydrogen-bond acceptors (Lipinski definition) is 9. The van der Waals surface area contributed by atoms with Crippen LogP contribution in [0.5, 0.6) is 0 Å². The second-order valence-electron chi connectivity index (χ2n) is 8.99. The highest BCUT2D eigenvalue weighted by atomic mass is 32.1. The number of carbonyl (C=O) groups excluding carboxylic acids is 6. The molecule has 0 radical (unpaired) electrons. The van der Waals surface area contributed by atoms with E-state index in [1.54, 1.807) is 54.6 Å². The van der Waals surface area contributed by atoms with Gasteiger partial charge in [0.05, 0.1) is 13.7 Å². The van der Waals surface area contributed by atoms with Crippen LogP contribution in [0.1, 0.15) is 18.1 Å². The number of carbonyl (C=O) groups is 6. The largest absolute Gasteiger partial charge is 0.468 e. The summed E-state index contributed by atoms with van der Waals surface area (Å²) >= 11 is 4.10. The number of thiol groups is 1. The first-order chi connectivity index (χ1) is 20.1. The van der Waals surface area contributed by atoms with E-state index in [0.29, 0.717) is 0 Å². The molecule has 0 aliphatic heterocycles. The van der Waals surface area contributed by atoms with Gasteiger partial charge in [0.2, 0.25) is 23.6 Å². The molecule has 0 spiro atoms. The monoisotopic (exact) mass is 601 g/mol. The van der Waals surface area contributed by atoms with Gasteiger partial charge in [-0.1, -0.05) is 60.7 Å². The van der Waals surface area contributed by atoms with Gasteiger partial charge < -0.3 is 36.1 Å². The van der Waals surface area contributed by atoms with Crippen molar-refractivity contribution in [3.63, 3.8) is 0 Å². The number of esters is 1. The molecular formula is C28H35N5O8S. The van der Waals surface area contributed by atoms with E-state index < -0.39 is 66.9 Å².